The normalized spacial score (nSPS) is 11.1. The van der Waals surface area contributed by atoms with Crippen molar-refractivity contribution in [2.24, 2.45) is 5.11 Å². The fraction of sp³-hybridized carbons (Fsp3) is 0.545. The molecule has 0 bridgehead atoms. The number of nitrogens with one attached hydrogen (secondary N) is 2. The molecule has 0 atom stereocenters. The lowest BCUT2D eigenvalue weighted by Gasteiger charge is -2.27. The molecule has 0 spiro atoms. The third-order valence-corrected chi connectivity index (χ3v) is 4.74. The zero-order valence-electron chi connectivity index (χ0n) is 21.5. The van der Waals surface area contributed by atoms with Gasteiger partial charge < -0.3 is 25.2 Å². The Balaban J connectivity index is 2.71. The lowest BCUT2D eigenvalue weighted by Crippen LogP contribution is -2.45. The molecule has 204 valence electrons. The van der Waals surface area contributed by atoms with Gasteiger partial charge in [0.25, 0.3) is 5.91 Å². The van der Waals surface area contributed by atoms with Crippen LogP contribution >= 0.6 is 15.9 Å². The Morgan fingerprint density at radius 3 is 2.05 bits per heavy atom. The highest BCUT2D eigenvalue weighted by Crippen LogP contribution is 2.31. The average Bonchev–Trinajstić information content (AvgIpc) is 2.75. The van der Waals surface area contributed by atoms with Crippen molar-refractivity contribution in [1.29, 1.82) is 0 Å². The number of imide groups is 1. The number of hydroxylamine groups is 2. The average molecular weight is 587 g/mol. The van der Waals surface area contributed by atoms with Crippen LogP contribution in [-0.4, -0.2) is 65.1 Å². The molecule has 0 aliphatic rings. The van der Waals surface area contributed by atoms with Crippen molar-refractivity contribution in [2.75, 3.05) is 19.7 Å². The molecule has 0 aromatic heterocycles. The molecule has 1 aromatic carbocycles. The molecule has 37 heavy (non-hydrogen) atoms. The number of aliphatic hydroxyl groups excluding tert-OH is 1. The minimum Gasteiger partial charge on any atom is -0.442 e. The standard InChI is InChI=1S/C22H31BrN6O8/c1-21(2,3)36-19(33)29(20(34)37-22(4,5)6)35-12-15(31)25-9-10-26-18(32)16-13(11-30)7-8-14(17(16)23)27-28-24/h7-8,30H,9-12H2,1-6H3,(H,25,31)(H,26,32). The Morgan fingerprint density at radius 1 is 1.03 bits per heavy atom. The van der Waals surface area contributed by atoms with Crippen molar-refractivity contribution in [2.45, 2.75) is 59.4 Å². The Hall–Kier alpha value is -3.39. The smallest absolute Gasteiger partial charge is 0.442 e. The van der Waals surface area contributed by atoms with Crippen LogP contribution in [0.15, 0.2) is 21.7 Å². The molecule has 4 amide bonds. The first-order valence-electron chi connectivity index (χ1n) is 11.0. The zero-order valence-corrected chi connectivity index (χ0v) is 23.0. The monoisotopic (exact) mass is 586 g/mol. The second-order valence-corrected chi connectivity index (χ2v) is 10.2. The Bertz CT molecular complexity index is 1030. The summed E-state index contributed by atoms with van der Waals surface area (Å²) < 4.78 is 10.4. The molecule has 15 heteroatoms. The van der Waals surface area contributed by atoms with E-state index in [0.29, 0.717) is 5.56 Å². The SMILES string of the molecule is CC(C)(C)OC(=O)N(OCC(=O)NCCNC(=O)c1c(CO)ccc(N=[N+]=[N-])c1Br)C(=O)OC(C)(C)C. The van der Waals surface area contributed by atoms with Crippen LogP contribution < -0.4 is 10.6 Å². The number of hydrogen-bond acceptors (Lipinski definition) is 9. The van der Waals surface area contributed by atoms with Gasteiger partial charge in [-0.1, -0.05) is 22.3 Å². The van der Waals surface area contributed by atoms with Gasteiger partial charge >= 0.3 is 12.2 Å². The van der Waals surface area contributed by atoms with Gasteiger partial charge in [0.05, 0.1) is 17.9 Å². The van der Waals surface area contributed by atoms with Crippen LogP contribution in [0.3, 0.4) is 0 Å². The molecule has 14 nitrogen and oxygen atoms in total. The number of carbonyl (C=O) groups excluding carboxylic acids is 4. The summed E-state index contributed by atoms with van der Waals surface area (Å²) in [5.74, 6) is -1.29. The van der Waals surface area contributed by atoms with E-state index in [1.165, 1.54) is 12.1 Å². The van der Waals surface area contributed by atoms with Crippen molar-refractivity contribution < 1.29 is 38.6 Å². The summed E-state index contributed by atoms with van der Waals surface area (Å²) >= 11 is 3.20. The quantitative estimate of drug-likeness (QED) is 0.128. The molecular formula is C22H31BrN6O8. The second-order valence-electron chi connectivity index (χ2n) is 9.41. The molecule has 1 aromatic rings. The fourth-order valence-electron chi connectivity index (χ4n) is 2.53. The molecule has 0 fully saturated rings. The first-order valence-corrected chi connectivity index (χ1v) is 11.8. The maximum Gasteiger partial charge on any atom is 0.444 e. The number of carbonyl (C=O) groups is 4. The van der Waals surface area contributed by atoms with E-state index in [1.54, 1.807) is 41.5 Å². The van der Waals surface area contributed by atoms with Crippen LogP contribution in [-0.2, 0) is 25.7 Å². The number of nitrogens with zero attached hydrogens (tertiary/aromatic N) is 4. The van der Waals surface area contributed by atoms with E-state index in [-0.39, 0.29) is 33.9 Å². The van der Waals surface area contributed by atoms with E-state index in [2.05, 4.69) is 36.6 Å². The number of amides is 4. The zero-order chi connectivity index (χ0) is 28.4. The molecule has 3 N–H and O–H groups in total. The van der Waals surface area contributed by atoms with E-state index in [4.69, 9.17) is 19.8 Å². The van der Waals surface area contributed by atoms with Crippen LogP contribution in [0.1, 0.15) is 57.5 Å². The topological polar surface area (TPSA) is 192 Å². The molecule has 0 saturated carbocycles. The maximum absolute atomic E-state index is 12.6. The summed E-state index contributed by atoms with van der Waals surface area (Å²) in [6, 6.07) is 2.90. The van der Waals surface area contributed by atoms with E-state index >= 15 is 0 Å². The summed E-state index contributed by atoms with van der Waals surface area (Å²) in [5, 5.41) is 18.2. The van der Waals surface area contributed by atoms with Gasteiger partial charge in [0.15, 0.2) is 6.61 Å². The lowest BCUT2D eigenvalue weighted by atomic mass is 10.1. The van der Waals surface area contributed by atoms with Crippen LogP contribution in [0.2, 0.25) is 0 Å². The Morgan fingerprint density at radius 2 is 1.57 bits per heavy atom. The molecule has 0 radical (unpaired) electrons. The van der Waals surface area contributed by atoms with Crippen molar-refractivity contribution in [3.8, 4) is 0 Å². The predicted octanol–water partition coefficient (Wildman–Crippen LogP) is 3.83. The van der Waals surface area contributed by atoms with Gasteiger partial charge in [-0.25, -0.2) is 14.4 Å². The van der Waals surface area contributed by atoms with Crippen LogP contribution in [0.5, 0.6) is 0 Å². The van der Waals surface area contributed by atoms with Gasteiger partial charge in [-0.15, -0.1) is 0 Å². The Kier molecular flexibility index (Phi) is 11.8. The van der Waals surface area contributed by atoms with Crippen molar-refractivity contribution >= 4 is 45.6 Å². The molecule has 0 aliphatic heterocycles. The largest absolute Gasteiger partial charge is 0.444 e. The summed E-state index contributed by atoms with van der Waals surface area (Å²) in [7, 11) is 0. The molecule has 0 heterocycles. The van der Waals surface area contributed by atoms with E-state index in [9.17, 15) is 24.3 Å². The minimum atomic E-state index is -1.16. The van der Waals surface area contributed by atoms with Gasteiger partial charge in [0, 0.05) is 22.5 Å². The third kappa shape index (κ3) is 11.0. The lowest BCUT2D eigenvalue weighted by molar-refractivity contribution is -0.154. The highest BCUT2D eigenvalue weighted by molar-refractivity contribution is 9.10. The summed E-state index contributed by atoms with van der Waals surface area (Å²) in [6.45, 7) is 8.34. The van der Waals surface area contributed by atoms with E-state index in [1.807, 2.05) is 0 Å². The third-order valence-electron chi connectivity index (χ3n) is 3.93. The van der Waals surface area contributed by atoms with Crippen LogP contribution in [0.4, 0.5) is 15.3 Å². The second kappa shape index (κ2) is 13.8. The van der Waals surface area contributed by atoms with Crippen molar-refractivity contribution in [3.05, 3.63) is 38.2 Å². The van der Waals surface area contributed by atoms with Gasteiger partial charge in [0.2, 0.25) is 5.91 Å². The highest BCUT2D eigenvalue weighted by Gasteiger charge is 2.33. The van der Waals surface area contributed by atoms with E-state index in [0.717, 1.165) is 0 Å². The van der Waals surface area contributed by atoms with Crippen molar-refractivity contribution in [3.63, 3.8) is 0 Å². The predicted molar refractivity (Wildman–Crippen MR) is 134 cm³/mol. The number of halogens is 1. The summed E-state index contributed by atoms with van der Waals surface area (Å²) in [6.07, 6.45) is -2.31. The van der Waals surface area contributed by atoms with Gasteiger partial charge in [-0.3, -0.25) is 9.59 Å². The highest BCUT2D eigenvalue weighted by atomic mass is 79.9. The number of azide groups is 1. The fourth-order valence-corrected chi connectivity index (χ4v) is 3.18. The molecule has 1 rings (SSSR count). The number of benzene rings is 1. The molecular weight excluding hydrogens is 556 g/mol. The molecule has 0 saturated heterocycles. The maximum atomic E-state index is 12.6. The van der Waals surface area contributed by atoms with Crippen LogP contribution in [0.25, 0.3) is 10.4 Å². The van der Waals surface area contributed by atoms with Crippen molar-refractivity contribution in [1.82, 2.24) is 15.7 Å². The van der Waals surface area contributed by atoms with Crippen LogP contribution in [0, 0.1) is 0 Å². The summed E-state index contributed by atoms with van der Waals surface area (Å²) in [5.41, 5.74) is 7.30. The van der Waals surface area contributed by atoms with E-state index < -0.39 is 48.4 Å². The molecule has 0 aliphatic carbocycles. The number of hydrogen-bond donors (Lipinski definition) is 3. The van der Waals surface area contributed by atoms with Gasteiger partial charge in [-0.2, -0.15) is 0 Å². The molecule has 0 unspecified atom stereocenters. The number of rotatable bonds is 9. The number of ether oxygens (including phenoxy) is 2. The van der Waals surface area contributed by atoms with Gasteiger partial charge in [-0.05, 0) is 68.6 Å². The van der Waals surface area contributed by atoms with Gasteiger partial charge in [0.1, 0.15) is 11.2 Å². The first kappa shape index (κ1) is 31.6. The Labute approximate surface area is 222 Å². The summed E-state index contributed by atoms with van der Waals surface area (Å²) in [4.78, 5) is 57.3. The first-order chi connectivity index (χ1) is 17.1. The minimum absolute atomic E-state index is 0.0184. The number of aliphatic hydroxyl groups is 1.